The number of aliphatic hydroxyl groups excluding tert-OH is 1. The number of hydrogen-bond acceptors (Lipinski definition) is 3. The normalized spacial score (nSPS) is 29.3. The van der Waals surface area contributed by atoms with Gasteiger partial charge >= 0.3 is 0 Å². The van der Waals surface area contributed by atoms with Crippen molar-refractivity contribution in [2.75, 3.05) is 13.7 Å². The van der Waals surface area contributed by atoms with Gasteiger partial charge in [0.2, 0.25) is 0 Å². The Labute approximate surface area is 55.0 Å². The van der Waals surface area contributed by atoms with E-state index in [1.165, 1.54) is 0 Å². The van der Waals surface area contributed by atoms with E-state index in [4.69, 9.17) is 0 Å². The summed E-state index contributed by atoms with van der Waals surface area (Å²) in [5, 5.41) is 12.2. The summed E-state index contributed by atoms with van der Waals surface area (Å²) in [6.07, 6.45) is 4.18. The Balaban J connectivity index is 2.42. The second-order valence-corrected chi connectivity index (χ2v) is 2.24. The highest BCUT2D eigenvalue weighted by atomic mass is 16.3. The van der Waals surface area contributed by atoms with E-state index < -0.39 is 0 Å². The summed E-state index contributed by atoms with van der Waals surface area (Å²) >= 11 is 0. The lowest BCUT2D eigenvalue weighted by Crippen LogP contribution is -2.35. The Morgan fingerprint density at radius 2 is 2.56 bits per heavy atom. The van der Waals surface area contributed by atoms with Crippen molar-refractivity contribution in [3.63, 3.8) is 0 Å². The van der Waals surface area contributed by atoms with Gasteiger partial charge in [0.1, 0.15) is 6.23 Å². The summed E-state index contributed by atoms with van der Waals surface area (Å²) in [4.78, 5) is 1.85. The van der Waals surface area contributed by atoms with Gasteiger partial charge in [0.05, 0.1) is 6.67 Å². The van der Waals surface area contributed by atoms with E-state index in [2.05, 4.69) is 5.32 Å². The Morgan fingerprint density at radius 3 is 3.33 bits per heavy atom. The van der Waals surface area contributed by atoms with Gasteiger partial charge < -0.3 is 10.4 Å². The third kappa shape index (κ3) is 1.69. The van der Waals surface area contributed by atoms with Crippen LogP contribution in [0.4, 0.5) is 0 Å². The minimum Gasteiger partial charge on any atom is -0.378 e. The van der Waals surface area contributed by atoms with E-state index in [0.717, 1.165) is 6.67 Å². The minimum atomic E-state index is -0.323. The zero-order valence-electron chi connectivity index (χ0n) is 5.54. The van der Waals surface area contributed by atoms with Crippen LogP contribution >= 0.6 is 0 Å². The van der Waals surface area contributed by atoms with E-state index >= 15 is 0 Å². The van der Waals surface area contributed by atoms with Gasteiger partial charge in [-0.25, -0.2) is 0 Å². The molecule has 0 bridgehead atoms. The van der Waals surface area contributed by atoms with E-state index in [-0.39, 0.29) is 6.23 Å². The molecule has 1 heterocycles. The maximum absolute atomic E-state index is 9.19. The molecule has 0 aromatic heterocycles. The van der Waals surface area contributed by atoms with Crippen molar-refractivity contribution in [2.45, 2.75) is 12.6 Å². The molecule has 52 valence electrons. The molecule has 0 spiro atoms. The predicted molar refractivity (Wildman–Crippen MR) is 35.5 cm³/mol. The lowest BCUT2D eigenvalue weighted by Gasteiger charge is -2.19. The summed E-state index contributed by atoms with van der Waals surface area (Å²) in [6, 6.07) is 0. The Morgan fingerprint density at radius 1 is 1.78 bits per heavy atom. The van der Waals surface area contributed by atoms with Crippen LogP contribution in [0.25, 0.3) is 0 Å². The quantitative estimate of drug-likeness (QED) is 0.470. The Hall–Kier alpha value is -0.540. The zero-order chi connectivity index (χ0) is 6.69. The molecule has 0 radical (unpaired) electrons. The van der Waals surface area contributed by atoms with Gasteiger partial charge in [0.15, 0.2) is 0 Å². The topological polar surface area (TPSA) is 35.5 Å². The first-order valence-corrected chi connectivity index (χ1v) is 3.07. The van der Waals surface area contributed by atoms with E-state index in [1.807, 2.05) is 24.2 Å². The molecule has 2 N–H and O–H groups in total. The zero-order valence-corrected chi connectivity index (χ0v) is 5.54. The van der Waals surface area contributed by atoms with Gasteiger partial charge in [-0.2, -0.15) is 0 Å². The van der Waals surface area contributed by atoms with Crippen molar-refractivity contribution in [1.82, 2.24) is 10.2 Å². The fourth-order valence-corrected chi connectivity index (χ4v) is 0.755. The van der Waals surface area contributed by atoms with Crippen molar-refractivity contribution in [3.8, 4) is 0 Å². The summed E-state index contributed by atoms with van der Waals surface area (Å²) in [5.74, 6) is 0. The molecule has 0 aliphatic carbocycles. The van der Waals surface area contributed by atoms with Crippen LogP contribution in [0, 0.1) is 0 Å². The molecule has 0 fully saturated rings. The fourth-order valence-electron chi connectivity index (χ4n) is 0.755. The molecule has 1 aliphatic rings. The highest BCUT2D eigenvalue weighted by Crippen LogP contribution is 1.99. The van der Waals surface area contributed by atoms with Crippen molar-refractivity contribution in [1.29, 1.82) is 0 Å². The molecule has 0 saturated heterocycles. The first-order valence-electron chi connectivity index (χ1n) is 3.07. The average molecular weight is 128 g/mol. The smallest absolute Gasteiger partial charge is 0.112 e. The molecule has 1 aliphatic heterocycles. The molecule has 3 nitrogen and oxygen atoms in total. The predicted octanol–water partition coefficient (Wildman–Crippen LogP) is -0.299. The van der Waals surface area contributed by atoms with Crippen LogP contribution in [0.2, 0.25) is 0 Å². The lowest BCUT2D eigenvalue weighted by atomic mass is 10.3. The molecule has 3 heteroatoms. The highest BCUT2D eigenvalue weighted by molar-refractivity contribution is 4.84. The van der Waals surface area contributed by atoms with Crippen LogP contribution in [-0.2, 0) is 0 Å². The maximum Gasteiger partial charge on any atom is 0.112 e. The molecule has 0 aromatic carbocycles. The molecule has 0 saturated carbocycles. The van der Waals surface area contributed by atoms with Crippen LogP contribution in [0.1, 0.15) is 6.42 Å². The van der Waals surface area contributed by atoms with E-state index in [9.17, 15) is 5.11 Å². The molecule has 9 heavy (non-hydrogen) atoms. The Kier molecular flexibility index (Phi) is 2.08. The molecule has 1 rings (SSSR count). The average Bonchev–Trinajstić information content (AvgIpc) is 1.99. The van der Waals surface area contributed by atoms with Gasteiger partial charge in [-0.1, -0.05) is 6.08 Å². The summed E-state index contributed by atoms with van der Waals surface area (Å²) in [7, 11) is 1.88. The number of hydrogen-bond donors (Lipinski definition) is 2. The number of aliphatic hydroxyl groups is 1. The van der Waals surface area contributed by atoms with Crippen molar-refractivity contribution < 1.29 is 5.11 Å². The molecule has 1 atom stereocenters. The van der Waals surface area contributed by atoms with Gasteiger partial charge in [-0.05, 0) is 13.2 Å². The van der Waals surface area contributed by atoms with Crippen LogP contribution in [0.3, 0.4) is 0 Å². The summed E-state index contributed by atoms with van der Waals surface area (Å²) in [5.41, 5.74) is 0. The third-order valence-corrected chi connectivity index (χ3v) is 1.43. The molecule has 0 aromatic rings. The first kappa shape index (κ1) is 6.58. The largest absolute Gasteiger partial charge is 0.378 e. The van der Waals surface area contributed by atoms with E-state index in [0.29, 0.717) is 6.42 Å². The van der Waals surface area contributed by atoms with Gasteiger partial charge in [-0.15, -0.1) is 0 Å². The van der Waals surface area contributed by atoms with Crippen LogP contribution in [-0.4, -0.2) is 30.0 Å². The molecular formula is C6H12N2O. The molecular weight excluding hydrogens is 116 g/mol. The Bertz CT molecular complexity index is 114. The number of nitrogens with one attached hydrogen (secondary N) is 1. The van der Waals surface area contributed by atoms with Gasteiger partial charge in [0.25, 0.3) is 0 Å². The minimum absolute atomic E-state index is 0.323. The SMILES string of the molecule is CN1CNC=CCC1O. The number of rotatable bonds is 0. The van der Waals surface area contributed by atoms with Crippen molar-refractivity contribution >= 4 is 0 Å². The van der Waals surface area contributed by atoms with E-state index in [1.54, 1.807) is 0 Å². The fraction of sp³-hybridized carbons (Fsp3) is 0.667. The third-order valence-electron chi connectivity index (χ3n) is 1.43. The monoisotopic (exact) mass is 128 g/mol. The molecule has 1 unspecified atom stereocenters. The van der Waals surface area contributed by atoms with Crippen molar-refractivity contribution in [3.05, 3.63) is 12.3 Å². The van der Waals surface area contributed by atoms with Crippen LogP contribution in [0.15, 0.2) is 12.3 Å². The second-order valence-electron chi connectivity index (χ2n) is 2.24. The van der Waals surface area contributed by atoms with Crippen molar-refractivity contribution in [2.24, 2.45) is 0 Å². The number of nitrogens with zero attached hydrogens (tertiary/aromatic N) is 1. The van der Waals surface area contributed by atoms with Crippen LogP contribution in [0.5, 0.6) is 0 Å². The summed E-state index contributed by atoms with van der Waals surface area (Å²) < 4.78 is 0. The lowest BCUT2D eigenvalue weighted by molar-refractivity contribution is 0.0256. The standard InChI is InChI=1S/C6H12N2O/c1-8-5-7-4-2-3-6(8)9/h2,4,6-7,9H,3,5H2,1H3. The highest BCUT2D eigenvalue weighted by Gasteiger charge is 2.09. The van der Waals surface area contributed by atoms with Gasteiger partial charge in [0, 0.05) is 6.42 Å². The second kappa shape index (κ2) is 2.85. The first-order chi connectivity index (χ1) is 4.30. The van der Waals surface area contributed by atoms with Crippen LogP contribution < -0.4 is 5.32 Å². The van der Waals surface area contributed by atoms with Gasteiger partial charge in [-0.3, -0.25) is 4.90 Å². The molecule has 0 amide bonds. The summed E-state index contributed by atoms with van der Waals surface area (Å²) in [6.45, 7) is 0.720. The maximum atomic E-state index is 9.19.